The fraction of sp³-hybridized carbons (Fsp3) is 0.143. The summed E-state index contributed by atoms with van der Waals surface area (Å²) >= 11 is 4.38. The topological polar surface area (TPSA) is 18.5 Å². The van der Waals surface area contributed by atoms with E-state index in [9.17, 15) is 0 Å². The number of rotatable bonds is 3. The highest BCUT2D eigenvalue weighted by molar-refractivity contribution is 7.80. The zero-order valence-corrected chi connectivity index (χ0v) is 10.7. The zero-order chi connectivity index (χ0) is 12.3. The van der Waals surface area contributed by atoms with Crippen LogP contribution in [-0.2, 0) is 0 Å². The fourth-order valence-corrected chi connectivity index (χ4v) is 2.00. The van der Waals surface area contributed by atoms with Crippen molar-refractivity contribution >= 4 is 12.6 Å². The number of methoxy groups -OCH3 is 2. The SMILES string of the molecule is COc1cc(-c2ccccc2)cc(OC)c1S. The van der Waals surface area contributed by atoms with Crippen LogP contribution >= 0.6 is 12.6 Å². The predicted molar refractivity (Wildman–Crippen MR) is 72.2 cm³/mol. The van der Waals surface area contributed by atoms with Gasteiger partial charge in [-0.1, -0.05) is 30.3 Å². The standard InChI is InChI=1S/C14H14O2S/c1-15-12-8-11(9-13(16-2)14(12)17)10-6-4-3-5-7-10/h3-9,17H,1-2H3. The molecule has 0 bridgehead atoms. The highest BCUT2D eigenvalue weighted by Gasteiger charge is 2.09. The van der Waals surface area contributed by atoms with Crippen molar-refractivity contribution in [1.82, 2.24) is 0 Å². The molecule has 0 heterocycles. The number of hydrogen-bond acceptors (Lipinski definition) is 3. The van der Waals surface area contributed by atoms with Crippen molar-refractivity contribution in [2.75, 3.05) is 14.2 Å². The summed E-state index contributed by atoms with van der Waals surface area (Å²) in [7, 11) is 3.26. The molecular formula is C14H14O2S. The van der Waals surface area contributed by atoms with E-state index in [-0.39, 0.29) is 0 Å². The summed E-state index contributed by atoms with van der Waals surface area (Å²) in [5, 5.41) is 0. The van der Waals surface area contributed by atoms with E-state index >= 15 is 0 Å². The first-order chi connectivity index (χ1) is 8.26. The normalized spacial score (nSPS) is 10.1. The lowest BCUT2D eigenvalue weighted by molar-refractivity contribution is 0.377. The zero-order valence-electron chi connectivity index (χ0n) is 9.81. The lowest BCUT2D eigenvalue weighted by Crippen LogP contribution is -1.91. The molecule has 3 heteroatoms. The van der Waals surface area contributed by atoms with Gasteiger partial charge in [0.15, 0.2) is 0 Å². The van der Waals surface area contributed by atoms with Crippen molar-refractivity contribution in [2.45, 2.75) is 4.90 Å². The van der Waals surface area contributed by atoms with E-state index in [1.165, 1.54) is 0 Å². The molecule has 2 aromatic carbocycles. The molecule has 0 saturated carbocycles. The minimum Gasteiger partial charge on any atom is -0.495 e. The van der Waals surface area contributed by atoms with Crippen molar-refractivity contribution in [3.63, 3.8) is 0 Å². The van der Waals surface area contributed by atoms with Crippen LogP contribution in [0.2, 0.25) is 0 Å². The van der Waals surface area contributed by atoms with Gasteiger partial charge < -0.3 is 9.47 Å². The van der Waals surface area contributed by atoms with E-state index in [2.05, 4.69) is 12.6 Å². The van der Waals surface area contributed by atoms with Crippen molar-refractivity contribution in [1.29, 1.82) is 0 Å². The number of thiol groups is 1. The maximum absolute atomic E-state index is 5.29. The average molecular weight is 246 g/mol. The van der Waals surface area contributed by atoms with E-state index in [1.54, 1.807) is 14.2 Å². The van der Waals surface area contributed by atoms with Crippen LogP contribution in [-0.4, -0.2) is 14.2 Å². The van der Waals surface area contributed by atoms with Crippen LogP contribution in [0.3, 0.4) is 0 Å². The molecule has 0 saturated heterocycles. The van der Waals surface area contributed by atoms with E-state index in [4.69, 9.17) is 9.47 Å². The van der Waals surface area contributed by atoms with Crippen LogP contribution in [0.15, 0.2) is 47.4 Å². The Kier molecular flexibility index (Phi) is 3.59. The van der Waals surface area contributed by atoms with Gasteiger partial charge in [0.05, 0.1) is 19.1 Å². The van der Waals surface area contributed by atoms with Crippen LogP contribution in [0.1, 0.15) is 0 Å². The molecule has 2 aromatic rings. The predicted octanol–water partition coefficient (Wildman–Crippen LogP) is 3.66. The lowest BCUT2D eigenvalue weighted by Gasteiger charge is -2.12. The van der Waals surface area contributed by atoms with E-state index in [0.29, 0.717) is 11.5 Å². The van der Waals surface area contributed by atoms with Crippen molar-refractivity contribution in [3.8, 4) is 22.6 Å². The first kappa shape index (κ1) is 11.9. The molecule has 0 atom stereocenters. The Labute approximate surface area is 107 Å². The van der Waals surface area contributed by atoms with Gasteiger partial charge in [-0.25, -0.2) is 0 Å². The molecule has 0 spiro atoms. The third-order valence-corrected chi connectivity index (χ3v) is 3.03. The summed E-state index contributed by atoms with van der Waals surface area (Å²) in [6, 6.07) is 14.0. The summed E-state index contributed by atoms with van der Waals surface area (Å²) in [4.78, 5) is 0.717. The molecule has 2 rings (SSSR count). The second-order valence-corrected chi connectivity index (χ2v) is 4.04. The third-order valence-electron chi connectivity index (χ3n) is 2.59. The summed E-state index contributed by atoms with van der Waals surface area (Å²) < 4.78 is 10.6. The van der Waals surface area contributed by atoms with Crippen LogP contribution < -0.4 is 9.47 Å². The smallest absolute Gasteiger partial charge is 0.136 e. The van der Waals surface area contributed by atoms with E-state index in [0.717, 1.165) is 16.0 Å². The minimum atomic E-state index is 0.714. The van der Waals surface area contributed by atoms with Gasteiger partial charge in [-0.05, 0) is 23.3 Å². The van der Waals surface area contributed by atoms with Crippen molar-refractivity contribution in [2.24, 2.45) is 0 Å². The molecule has 88 valence electrons. The molecule has 0 N–H and O–H groups in total. The molecule has 0 aromatic heterocycles. The maximum atomic E-state index is 5.29. The highest BCUT2D eigenvalue weighted by Crippen LogP contribution is 2.37. The van der Waals surface area contributed by atoms with E-state index < -0.39 is 0 Å². The Hall–Kier alpha value is -1.61. The summed E-state index contributed by atoms with van der Waals surface area (Å²) in [5.74, 6) is 1.43. The maximum Gasteiger partial charge on any atom is 0.136 e. The minimum absolute atomic E-state index is 0.714. The van der Waals surface area contributed by atoms with Gasteiger partial charge in [0.2, 0.25) is 0 Å². The van der Waals surface area contributed by atoms with Crippen LogP contribution in [0.25, 0.3) is 11.1 Å². The Bertz CT molecular complexity index is 484. The Balaban J connectivity index is 2.56. The van der Waals surface area contributed by atoms with E-state index in [1.807, 2.05) is 42.5 Å². The molecule has 0 aliphatic rings. The van der Waals surface area contributed by atoms with Gasteiger partial charge in [0.1, 0.15) is 11.5 Å². The van der Waals surface area contributed by atoms with Gasteiger partial charge in [-0.3, -0.25) is 0 Å². The molecular weight excluding hydrogens is 232 g/mol. The van der Waals surface area contributed by atoms with Gasteiger partial charge in [-0.2, -0.15) is 0 Å². The monoisotopic (exact) mass is 246 g/mol. The highest BCUT2D eigenvalue weighted by atomic mass is 32.1. The molecule has 0 unspecified atom stereocenters. The first-order valence-corrected chi connectivity index (χ1v) is 5.71. The van der Waals surface area contributed by atoms with Crippen molar-refractivity contribution < 1.29 is 9.47 Å². The average Bonchev–Trinajstić information content (AvgIpc) is 2.40. The number of ether oxygens (including phenoxy) is 2. The Morgan fingerprint density at radius 1 is 0.824 bits per heavy atom. The summed E-state index contributed by atoms with van der Waals surface area (Å²) in [6.07, 6.45) is 0. The Morgan fingerprint density at radius 3 is 1.82 bits per heavy atom. The number of benzene rings is 2. The largest absolute Gasteiger partial charge is 0.495 e. The molecule has 0 aliphatic carbocycles. The van der Waals surface area contributed by atoms with Gasteiger partial charge >= 0.3 is 0 Å². The van der Waals surface area contributed by atoms with Gasteiger partial charge in [0, 0.05) is 0 Å². The van der Waals surface area contributed by atoms with Crippen LogP contribution in [0, 0.1) is 0 Å². The Morgan fingerprint density at radius 2 is 1.35 bits per heavy atom. The molecule has 17 heavy (non-hydrogen) atoms. The first-order valence-electron chi connectivity index (χ1n) is 5.26. The quantitative estimate of drug-likeness (QED) is 0.833. The van der Waals surface area contributed by atoms with Crippen molar-refractivity contribution in [3.05, 3.63) is 42.5 Å². The second-order valence-electron chi connectivity index (χ2n) is 3.60. The number of hydrogen-bond donors (Lipinski definition) is 1. The fourth-order valence-electron chi connectivity index (χ4n) is 1.69. The third kappa shape index (κ3) is 2.39. The second kappa shape index (κ2) is 5.15. The summed E-state index contributed by atoms with van der Waals surface area (Å²) in [6.45, 7) is 0. The molecule has 0 radical (unpaired) electrons. The van der Waals surface area contributed by atoms with Crippen LogP contribution in [0.4, 0.5) is 0 Å². The molecule has 0 amide bonds. The molecule has 2 nitrogen and oxygen atoms in total. The van der Waals surface area contributed by atoms with Gasteiger partial charge in [-0.15, -0.1) is 12.6 Å². The molecule has 0 fully saturated rings. The summed E-state index contributed by atoms with van der Waals surface area (Å²) in [5.41, 5.74) is 2.18. The van der Waals surface area contributed by atoms with Crippen LogP contribution in [0.5, 0.6) is 11.5 Å². The molecule has 0 aliphatic heterocycles. The van der Waals surface area contributed by atoms with Gasteiger partial charge in [0.25, 0.3) is 0 Å². The lowest BCUT2D eigenvalue weighted by atomic mass is 10.1.